The Hall–Kier alpha value is -3.88. The van der Waals surface area contributed by atoms with Gasteiger partial charge in [0.1, 0.15) is 12.3 Å². The number of phenols is 1. The molecule has 0 saturated heterocycles. The number of fused-ring (bicyclic) bond motifs is 1. The van der Waals surface area contributed by atoms with Crippen LogP contribution in [0.25, 0.3) is 10.8 Å². The zero-order chi connectivity index (χ0) is 25.9. The molecule has 0 aliphatic carbocycles. The monoisotopic (exact) mass is 521 g/mol. The van der Waals surface area contributed by atoms with Gasteiger partial charge in [0, 0.05) is 10.6 Å². The van der Waals surface area contributed by atoms with Crippen LogP contribution in [0.2, 0.25) is 5.02 Å². The molecule has 0 aliphatic rings. The summed E-state index contributed by atoms with van der Waals surface area (Å²) in [5, 5.41) is 16.4. The topological polar surface area (TPSA) is 99.1 Å². The largest absolute Gasteiger partial charge is 0.507 e. The van der Waals surface area contributed by atoms with Crippen LogP contribution in [0.1, 0.15) is 16.7 Å². The second kappa shape index (κ2) is 10.4. The highest BCUT2D eigenvalue weighted by Crippen LogP contribution is 2.29. The molecule has 4 aromatic carbocycles. The lowest BCUT2D eigenvalue weighted by Crippen LogP contribution is -2.40. The normalized spacial score (nSPS) is 11.6. The molecule has 36 heavy (non-hydrogen) atoms. The van der Waals surface area contributed by atoms with Gasteiger partial charge < -0.3 is 5.11 Å². The van der Waals surface area contributed by atoms with Crippen LogP contribution in [0.5, 0.6) is 5.75 Å². The van der Waals surface area contributed by atoms with Gasteiger partial charge in [0.15, 0.2) is 0 Å². The fourth-order valence-electron chi connectivity index (χ4n) is 3.79. The number of sulfonamides is 1. The Labute approximate surface area is 214 Å². The number of hydrogen-bond acceptors (Lipinski definition) is 5. The quantitative estimate of drug-likeness (QED) is 0.259. The molecule has 2 N–H and O–H groups in total. The fourth-order valence-corrected chi connectivity index (χ4v) is 5.50. The van der Waals surface area contributed by atoms with E-state index in [2.05, 4.69) is 10.5 Å². The van der Waals surface area contributed by atoms with Gasteiger partial charge in [0.05, 0.1) is 16.8 Å². The van der Waals surface area contributed by atoms with Crippen LogP contribution in [0.15, 0.2) is 88.9 Å². The van der Waals surface area contributed by atoms with Gasteiger partial charge in [-0.25, -0.2) is 13.8 Å². The van der Waals surface area contributed by atoms with Crippen LogP contribution < -0.4 is 9.73 Å². The van der Waals surface area contributed by atoms with Gasteiger partial charge in [-0.15, -0.1) is 0 Å². The van der Waals surface area contributed by atoms with Crippen molar-refractivity contribution in [1.29, 1.82) is 0 Å². The smallest absolute Gasteiger partial charge is 0.264 e. The minimum absolute atomic E-state index is 0.00654. The summed E-state index contributed by atoms with van der Waals surface area (Å²) < 4.78 is 28.1. The molecule has 0 aliphatic heterocycles. The molecule has 0 bridgehead atoms. The molecular weight excluding hydrogens is 498 g/mol. The highest BCUT2D eigenvalue weighted by molar-refractivity contribution is 7.92. The fraction of sp³-hybridized carbons (Fsp3) is 0.111. The first-order chi connectivity index (χ1) is 17.2. The van der Waals surface area contributed by atoms with Gasteiger partial charge in [-0.05, 0) is 66.6 Å². The van der Waals surface area contributed by atoms with Gasteiger partial charge >= 0.3 is 0 Å². The lowest BCUT2D eigenvalue weighted by Gasteiger charge is -2.25. The molecule has 9 heteroatoms. The Morgan fingerprint density at radius 1 is 1.03 bits per heavy atom. The van der Waals surface area contributed by atoms with Crippen molar-refractivity contribution in [1.82, 2.24) is 5.43 Å². The number of phenolic OH excluding ortho intramolecular Hbond substituents is 1. The molecule has 184 valence electrons. The molecule has 0 heterocycles. The van der Waals surface area contributed by atoms with E-state index in [1.165, 1.54) is 18.3 Å². The number of hydrazone groups is 1. The predicted octanol–water partition coefficient (Wildman–Crippen LogP) is 5.16. The standard InChI is InChI=1S/C27H24ClN3O4S/c1-18-7-11-22(12-8-18)36(34,35)31(25-13-10-21(28)15-19(25)2)17-27(33)30-29-16-24-23-6-4-3-5-20(23)9-14-26(24)32/h3-16,32H,17H2,1-2H3,(H,30,33)/b29-16+. The maximum Gasteiger partial charge on any atom is 0.264 e. The lowest BCUT2D eigenvalue weighted by atomic mass is 10.0. The molecule has 0 fully saturated rings. The summed E-state index contributed by atoms with van der Waals surface area (Å²) in [5.74, 6) is -0.650. The highest BCUT2D eigenvalue weighted by Gasteiger charge is 2.28. The average molecular weight is 522 g/mol. The van der Waals surface area contributed by atoms with Crippen molar-refractivity contribution in [3.8, 4) is 5.75 Å². The maximum atomic E-state index is 13.5. The van der Waals surface area contributed by atoms with Gasteiger partial charge in [-0.1, -0.05) is 59.6 Å². The highest BCUT2D eigenvalue weighted by atomic mass is 35.5. The Balaban J connectivity index is 1.62. The number of anilines is 1. The summed E-state index contributed by atoms with van der Waals surface area (Å²) in [6.45, 7) is 3.06. The molecule has 0 saturated carbocycles. The van der Waals surface area contributed by atoms with Crippen molar-refractivity contribution >= 4 is 50.2 Å². The average Bonchev–Trinajstić information content (AvgIpc) is 2.84. The van der Waals surface area contributed by atoms with E-state index >= 15 is 0 Å². The number of carbonyl (C=O) groups excluding carboxylic acids is 1. The van der Waals surface area contributed by atoms with E-state index in [1.54, 1.807) is 49.4 Å². The van der Waals surface area contributed by atoms with Crippen molar-refractivity contribution in [2.24, 2.45) is 5.10 Å². The van der Waals surface area contributed by atoms with E-state index in [4.69, 9.17) is 11.6 Å². The molecule has 0 radical (unpaired) electrons. The van der Waals surface area contributed by atoms with Gasteiger partial charge in [0.25, 0.3) is 15.9 Å². The van der Waals surface area contributed by atoms with Crippen molar-refractivity contribution in [3.63, 3.8) is 0 Å². The van der Waals surface area contributed by atoms with Crippen LogP contribution in [-0.2, 0) is 14.8 Å². The van der Waals surface area contributed by atoms with Crippen molar-refractivity contribution in [3.05, 3.63) is 101 Å². The van der Waals surface area contributed by atoms with Gasteiger partial charge in [0.2, 0.25) is 0 Å². The molecule has 0 unspecified atom stereocenters. The lowest BCUT2D eigenvalue weighted by molar-refractivity contribution is -0.119. The summed E-state index contributed by atoms with van der Waals surface area (Å²) in [5.41, 5.74) is 4.64. The van der Waals surface area contributed by atoms with Gasteiger partial charge in [-0.3, -0.25) is 9.10 Å². The van der Waals surface area contributed by atoms with E-state index in [0.29, 0.717) is 21.8 Å². The molecular formula is C27H24ClN3O4S. The van der Waals surface area contributed by atoms with Crippen LogP contribution in [0.4, 0.5) is 5.69 Å². The summed E-state index contributed by atoms with van der Waals surface area (Å²) in [6.07, 6.45) is 1.34. The molecule has 7 nitrogen and oxygen atoms in total. The van der Waals surface area contributed by atoms with Crippen molar-refractivity contribution in [2.45, 2.75) is 18.7 Å². The molecule has 0 aromatic heterocycles. The van der Waals surface area contributed by atoms with Crippen molar-refractivity contribution < 1.29 is 18.3 Å². The first-order valence-corrected chi connectivity index (χ1v) is 12.9. The second-order valence-electron chi connectivity index (χ2n) is 8.27. The minimum atomic E-state index is -4.08. The number of nitrogens with zero attached hydrogens (tertiary/aromatic N) is 2. The number of rotatable bonds is 7. The van der Waals surface area contributed by atoms with E-state index in [0.717, 1.165) is 20.6 Å². The summed E-state index contributed by atoms with van der Waals surface area (Å²) >= 11 is 6.07. The molecule has 0 atom stereocenters. The Morgan fingerprint density at radius 2 is 1.75 bits per heavy atom. The number of halogens is 1. The minimum Gasteiger partial charge on any atom is -0.507 e. The zero-order valence-corrected chi connectivity index (χ0v) is 21.2. The third-order valence-corrected chi connectivity index (χ3v) is 7.66. The van der Waals surface area contributed by atoms with Crippen LogP contribution in [-0.4, -0.2) is 32.2 Å². The summed E-state index contributed by atoms with van der Waals surface area (Å²) in [6, 6.07) is 21.9. The third-order valence-electron chi connectivity index (χ3n) is 5.65. The molecule has 1 amide bonds. The third kappa shape index (κ3) is 5.35. The Morgan fingerprint density at radius 3 is 2.47 bits per heavy atom. The molecule has 4 rings (SSSR count). The SMILES string of the molecule is Cc1ccc(S(=O)(=O)N(CC(=O)N/N=C/c2c(O)ccc3ccccc23)c2ccc(Cl)cc2C)cc1. The summed E-state index contributed by atoms with van der Waals surface area (Å²) in [4.78, 5) is 12.9. The second-order valence-corrected chi connectivity index (χ2v) is 10.6. The molecule has 4 aromatic rings. The zero-order valence-electron chi connectivity index (χ0n) is 19.6. The van der Waals surface area contributed by atoms with E-state index in [1.807, 2.05) is 31.2 Å². The Kier molecular flexibility index (Phi) is 7.28. The van der Waals surface area contributed by atoms with Crippen LogP contribution in [0, 0.1) is 13.8 Å². The first-order valence-electron chi connectivity index (χ1n) is 11.0. The number of nitrogens with one attached hydrogen (secondary N) is 1. The number of benzene rings is 4. The molecule has 0 spiro atoms. The van der Waals surface area contributed by atoms with E-state index in [9.17, 15) is 18.3 Å². The first kappa shape index (κ1) is 25.2. The van der Waals surface area contributed by atoms with Crippen LogP contribution in [0.3, 0.4) is 0 Å². The van der Waals surface area contributed by atoms with Gasteiger partial charge in [-0.2, -0.15) is 5.10 Å². The van der Waals surface area contributed by atoms with E-state index < -0.39 is 22.5 Å². The van der Waals surface area contributed by atoms with Crippen LogP contribution >= 0.6 is 11.6 Å². The number of carbonyl (C=O) groups is 1. The Bertz CT molecular complexity index is 1570. The maximum absolute atomic E-state index is 13.5. The van der Waals surface area contributed by atoms with Crippen molar-refractivity contribution in [2.75, 3.05) is 10.8 Å². The number of aromatic hydroxyl groups is 1. The number of hydrogen-bond donors (Lipinski definition) is 2. The van der Waals surface area contributed by atoms with E-state index in [-0.39, 0.29) is 10.6 Å². The summed E-state index contributed by atoms with van der Waals surface area (Å²) in [7, 11) is -4.08. The number of aryl methyl sites for hydroxylation is 2. The number of amides is 1. The predicted molar refractivity (Wildman–Crippen MR) is 143 cm³/mol.